The van der Waals surface area contributed by atoms with Gasteiger partial charge in [0, 0.05) is 18.5 Å². The number of nitrogens with zero attached hydrogens (tertiary/aromatic N) is 3. The van der Waals surface area contributed by atoms with E-state index < -0.39 is 13.0 Å². The van der Waals surface area contributed by atoms with Crippen LogP contribution in [0.15, 0.2) is 42.5 Å². The SMILES string of the molecule is NC(=O)c1cccc2c(-c3nc4c(c(NCc5cccc(B(O)O)c5)n3)NCCC4)n[nH]c12. The zero-order valence-corrected chi connectivity index (χ0v) is 17.7. The molecule has 10 nitrogen and oxygen atoms in total. The lowest BCUT2D eigenvalue weighted by Crippen LogP contribution is -2.30. The van der Waals surface area contributed by atoms with Crippen molar-refractivity contribution < 1.29 is 14.8 Å². The normalized spacial score (nSPS) is 12.8. The highest BCUT2D eigenvalue weighted by Crippen LogP contribution is 2.33. The summed E-state index contributed by atoms with van der Waals surface area (Å²) >= 11 is 0. The Bertz CT molecular complexity index is 1360. The Labute approximate surface area is 189 Å². The summed E-state index contributed by atoms with van der Waals surface area (Å²) in [5, 5.41) is 33.6. The number of fused-ring (bicyclic) bond motifs is 2. The van der Waals surface area contributed by atoms with E-state index in [2.05, 4.69) is 20.8 Å². The Hall–Kier alpha value is -3.96. The third-order valence-electron chi connectivity index (χ3n) is 5.66. The highest BCUT2D eigenvalue weighted by molar-refractivity contribution is 6.58. The van der Waals surface area contributed by atoms with E-state index in [0.29, 0.717) is 45.8 Å². The lowest BCUT2D eigenvalue weighted by molar-refractivity contribution is 0.100. The molecule has 0 saturated heterocycles. The van der Waals surface area contributed by atoms with Gasteiger partial charge in [-0.05, 0) is 29.9 Å². The van der Waals surface area contributed by atoms with E-state index in [0.717, 1.165) is 36.3 Å². The number of aromatic nitrogens is 4. The summed E-state index contributed by atoms with van der Waals surface area (Å²) in [6.45, 7) is 1.25. The minimum Gasteiger partial charge on any atom is -0.423 e. The fourth-order valence-corrected chi connectivity index (χ4v) is 4.04. The number of H-pyrrole nitrogens is 1. The Morgan fingerprint density at radius 3 is 2.85 bits per heavy atom. The van der Waals surface area contributed by atoms with Gasteiger partial charge in [-0.3, -0.25) is 9.89 Å². The van der Waals surface area contributed by atoms with Crippen LogP contribution in [-0.4, -0.2) is 49.8 Å². The first-order valence-electron chi connectivity index (χ1n) is 10.6. The van der Waals surface area contributed by atoms with Crippen molar-refractivity contribution in [3.05, 3.63) is 59.3 Å². The van der Waals surface area contributed by atoms with Crippen LogP contribution in [-0.2, 0) is 13.0 Å². The molecule has 1 amide bonds. The number of aromatic amines is 1. The van der Waals surface area contributed by atoms with E-state index in [1.165, 1.54) is 0 Å². The van der Waals surface area contributed by atoms with Gasteiger partial charge in [-0.25, -0.2) is 9.97 Å². The zero-order chi connectivity index (χ0) is 22.9. The number of carbonyl (C=O) groups is 1. The van der Waals surface area contributed by atoms with Crippen LogP contribution in [0, 0.1) is 0 Å². The van der Waals surface area contributed by atoms with Gasteiger partial charge >= 0.3 is 7.12 Å². The lowest BCUT2D eigenvalue weighted by Gasteiger charge is -2.21. The van der Waals surface area contributed by atoms with Gasteiger partial charge in [0.15, 0.2) is 11.6 Å². The van der Waals surface area contributed by atoms with Crippen molar-refractivity contribution in [2.45, 2.75) is 19.4 Å². The van der Waals surface area contributed by atoms with E-state index in [1.807, 2.05) is 12.1 Å². The number of anilines is 2. The van der Waals surface area contributed by atoms with E-state index in [9.17, 15) is 14.8 Å². The maximum Gasteiger partial charge on any atom is 0.488 e. The lowest BCUT2D eigenvalue weighted by atomic mass is 9.80. The summed E-state index contributed by atoms with van der Waals surface area (Å²) in [7, 11) is -1.52. The molecule has 166 valence electrons. The molecule has 3 heterocycles. The van der Waals surface area contributed by atoms with Crippen LogP contribution in [0.3, 0.4) is 0 Å². The number of primary amides is 1. The number of para-hydroxylation sites is 1. The van der Waals surface area contributed by atoms with Crippen molar-refractivity contribution in [3.63, 3.8) is 0 Å². The maximum absolute atomic E-state index is 11.8. The predicted molar refractivity (Wildman–Crippen MR) is 126 cm³/mol. The predicted octanol–water partition coefficient (Wildman–Crippen LogP) is 0.769. The molecule has 33 heavy (non-hydrogen) atoms. The fourth-order valence-electron chi connectivity index (χ4n) is 4.04. The summed E-state index contributed by atoms with van der Waals surface area (Å²) in [5.74, 6) is 0.531. The van der Waals surface area contributed by atoms with Crippen molar-refractivity contribution >= 4 is 40.9 Å². The Balaban J connectivity index is 1.54. The first kappa shape index (κ1) is 20.9. The highest BCUT2D eigenvalue weighted by Gasteiger charge is 2.22. The van der Waals surface area contributed by atoms with Gasteiger partial charge < -0.3 is 26.4 Å². The second kappa shape index (κ2) is 8.53. The van der Waals surface area contributed by atoms with Gasteiger partial charge in [0.2, 0.25) is 0 Å². The molecule has 0 aliphatic carbocycles. The average molecular weight is 443 g/mol. The molecule has 0 radical (unpaired) electrons. The molecule has 2 aromatic carbocycles. The molecule has 7 N–H and O–H groups in total. The fraction of sp³-hybridized carbons (Fsp3) is 0.182. The summed E-state index contributed by atoms with van der Waals surface area (Å²) in [4.78, 5) is 21.3. The van der Waals surface area contributed by atoms with Crippen LogP contribution in [0.1, 0.15) is 28.0 Å². The number of hydrogen-bond acceptors (Lipinski definition) is 8. The molecular formula is C22H22BN7O3. The summed E-state index contributed by atoms with van der Waals surface area (Å²) in [5.41, 5.74) is 9.97. The van der Waals surface area contributed by atoms with E-state index in [4.69, 9.17) is 15.7 Å². The van der Waals surface area contributed by atoms with Gasteiger partial charge in [-0.15, -0.1) is 0 Å². The highest BCUT2D eigenvalue weighted by atomic mass is 16.4. The number of carbonyl (C=O) groups excluding carboxylic acids is 1. The minimum absolute atomic E-state index is 0.357. The molecule has 1 aliphatic heterocycles. The second-order valence-corrected chi connectivity index (χ2v) is 7.88. The van der Waals surface area contributed by atoms with Crippen molar-refractivity contribution in [1.82, 2.24) is 20.2 Å². The molecule has 0 atom stereocenters. The van der Waals surface area contributed by atoms with Crippen molar-refractivity contribution in [3.8, 4) is 11.5 Å². The molecule has 4 aromatic rings. The van der Waals surface area contributed by atoms with Gasteiger partial charge in [0.1, 0.15) is 5.69 Å². The van der Waals surface area contributed by atoms with Gasteiger partial charge in [-0.2, -0.15) is 5.10 Å². The number of nitrogens with one attached hydrogen (secondary N) is 3. The van der Waals surface area contributed by atoms with E-state index in [1.54, 1.807) is 30.3 Å². The number of nitrogens with two attached hydrogens (primary N) is 1. The molecule has 0 bridgehead atoms. The molecule has 11 heteroatoms. The van der Waals surface area contributed by atoms with Crippen molar-refractivity contribution in [2.75, 3.05) is 17.2 Å². The summed E-state index contributed by atoms with van der Waals surface area (Å²) in [6, 6.07) is 12.3. The molecule has 2 aromatic heterocycles. The van der Waals surface area contributed by atoms with Crippen molar-refractivity contribution in [2.24, 2.45) is 5.73 Å². The monoisotopic (exact) mass is 443 g/mol. The largest absolute Gasteiger partial charge is 0.488 e. The smallest absolute Gasteiger partial charge is 0.423 e. The number of hydrogen-bond donors (Lipinski definition) is 6. The number of rotatable bonds is 6. The van der Waals surface area contributed by atoms with E-state index in [-0.39, 0.29) is 0 Å². The Morgan fingerprint density at radius 1 is 1.18 bits per heavy atom. The second-order valence-electron chi connectivity index (χ2n) is 7.88. The van der Waals surface area contributed by atoms with E-state index >= 15 is 0 Å². The average Bonchev–Trinajstić information content (AvgIpc) is 3.26. The van der Waals surface area contributed by atoms with Gasteiger partial charge in [0.05, 0.1) is 22.5 Å². The number of aryl methyl sites for hydroxylation is 1. The third-order valence-corrected chi connectivity index (χ3v) is 5.66. The van der Waals surface area contributed by atoms with Crippen LogP contribution in [0.25, 0.3) is 22.4 Å². The standard InChI is InChI=1S/C22H22BN7O3/c24-20(31)15-7-2-6-14-17(15)29-30-18(14)22-27-16-8-3-9-25-19(16)21(28-22)26-11-12-4-1-5-13(10-12)23(32)33/h1-2,4-7,10,25,32-33H,3,8-9,11H2,(H2,24,31)(H,29,30)(H,26,27,28). The summed E-state index contributed by atoms with van der Waals surface area (Å²) in [6.07, 6.45) is 1.75. The van der Waals surface area contributed by atoms with Crippen LogP contribution in [0.4, 0.5) is 11.5 Å². The van der Waals surface area contributed by atoms with Crippen molar-refractivity contribution in [1.29, 1.82) is 0 Å². The summed E-state index contributed by atoms with van der Waals surface area (Å²) < 4.78 is 0. The molecule has 0 fully saturated rings. The molecule has 0 saturated carbocycles. The molecular weight excluding hydrogens is 421 g/mol. The quantitative estimate of drug-likeness (QED) is 0.238. The first-order valence-corrected chi connectivity index (χ1v) is 10.6. The van der Waals surface area contributed by atoms with Crippen LogP contribution >= 0.6 is 0 Å². The maximum atomic E-state index is 11.8. The van der Waals surface area contributed by atoms with Crippen LogP contribution in [0.2, 0.25) is 0 Å². The minimum atomic E-state index is -1.52. The van der Waals surface area contributed by atoms with Crippen LogP contribution in [0.5, 0.6) is 0 Å². The topological polar surface area (TPSA) is 162 Å². The Morgan fingerprint density at radius 2 is 2.03 bits per heavy atom. The van der Waals surface area contributed by atoms with Crippen LogP contribution < -0.4 is 21.8 Å². The van der Waals surface area contributed by atoms with Gasteiger partial charge in [-0.1, -0.05) is 36.4 Å². The first-order chi connectivity index (χ1) is 16.0. The molecule has 0 unspecified atom stereocenters. The molecule has 0 spiro atoms. The number of amides is 1. The number of benzene rings is 2. The third kappa shape index (κ3) is 3.99. The molecule has 5 rings (SSSR count). The Kier molecular flexibility index (Phi) is 5.41. The van der Waals surface area contributed by atoms with Gasteiger partial charge in [0.25, 0.3) is 5.91 Å². The zero-order valence-electron chi connectivity index (χ0n) is 17.7. The molecule has 1 aliphatic rings.